The molecule has 2 aromatic carbocycles. The van der Waals surface area contributed by atoms with Gasteiger partial charge in [0, 0.05) is 24.1 Å². The van der Waals surface area contributed by atoms with Gasteiger partial charge < -0.3 is 20.5 Å². The number of anilines is 1. The summed E-state index contributed by atoms with van der Waals surface area (Å²) in [5.74, 6) is 0.00215. The van der Waals surface area contributed by atoms with Gasteiger partial charge in [-0.1, -0.05) is 44.2 Å². The Morgan fingerprint density at radius 1 is 1.24 bits per heavy atom. The predicted molar refractivity (Wildman–Crippen MR) is 127 cm³/mol. The molecule has 0 bridgehead atoms. The Hall–Kier alpha value is -4.05. The second-order valence-corrected chi connectivity index (χ2v) is 9.43. The van der Waals surface area contributed by atoms with E-state index >= 15 is 0 Å². The number of para-hydroxylation sites is 1. The molecular formula is C27H27N3O4. The molecule has 2 aliphatic rings. The van der Waals surface area contributed by atoms with Gasteiger partial charge in [-0.05, 0) is 41.7 Å². The van der Waals surface area contributed by atoms with E-state index in [-0.39, 0.29) is 35.2 Å². The number of nitrogens with two attached hydrogens (primary N) is 1. The number of aryl methyl sites for hydroxylation is 1. The third kappa shape index (κ3) is 4.67. The van der Waals surface area contributed by atoms with Gasteiger partial charge in [-0.2, -0.15) is 5.26 Å². The third-order valence-corrected chi connectivity index (χ3v) is 6.06. The van der Waals surface area contributed by atoms with E-state index in [0.29, 0.717) is 35.5 Å². The number of nitrogens with zero attached hydrogens (tertiary/aromatic N) is 1. The summed E-state index contributed by atoms with van der Waals surface area (Å²) >= 11 is 0. The first-order valence-electron chi connectivity index (χ1n) is 11.1. The Labute approximate surface area is 198 Å². The van der Waals surface area contributed by atoms with Crippen LogP contribution in [0.5, 0.6) is 5.75 Å². The summed E-state index contributed by atoms with van der Waals surface area (Å²) in [6.07, 6.45) is 0.915. The molecule has 0 spiro atoms. The van der Waals surface area contributed by atoms with E-state index in [0.717, 1.165) is 11.3 Å². The van der Waals surface area contributed by atoms with Crippen molar-refractivity contribution in [1.29, 1.82) is 5.26 Å². The van der Waals surface area contributed by atoms with Crippen molar-refractivity contribution in [3.63, 3.8) is 0 Å². The van der Waals surface area contributed by atoms with Crippen molar-refractivity contribution < 1.29 is 19.1 Å². The molecule has 1 aliphatic heterocycles. The maximum absolute atomic E-state index is 13.1. The minimum absolute atomic E-state index is 0.0145. The highest BCUT2D eigenvalue weighted by Crippen LogP contribution is 2.48. The van der Waals surface area contributed by atoms with Gasteiger partial charge in [0.1, 0.15) is 23.2 Å². The number of amides is 1. The normalized spacial score (nSPS) is 19.1. The fourth-order valence-corrected chi connectivity index (χ4v) is 4.45. The fraction of sp³-hybridized carbons (Fsp3) is 0.296. The third-order valence-electron chi connectivity index (χ3n) is 6.06. The highest BCUT2D eigenvalue weighted by atomic mass is 16.5. The molecule has 34 heavy (non-hydrogen) atoms. The van der Waals surface area contributed by atoms with Gasteiger partial charge in [-0.15, -0.1) is 0 Å². The first-order chi connectivity index (χ1) is 16.2. The summed E-state index contributed by atoms with van der Waals surface area (Å²) < 4.78 is 11.5. The van der Waals surface area contributed by atoms with Crippen molar-refractivity contribution in [2.45, 2.75) is 39.5 Å². The van der Waals surface area contributed by atoms with Crippen LogP contribution in [0.4, 0.5) is 5.69 Å². The van der Waals surface area contributed by atoms with Crippen LogP contribution in [0.25, 0.3) is 0 Å². The van der Waals surface area contributed by atoms with E-state index in [1.54, 1.807) is 18.2 Å². The summed E-state index contributed by atoms with van der Waals surface area (Å²) in [6.45, 7) is 5.73. The molecule has 1 unspecified atom stereocenters. The number of allylic oxidation sites excluding steroid dienone is 3. The van der Waals surface area contributed by atoms with Gasteiger partial charge in [0.05, 0.1) is 5.92 Å². The van der Waals surface area contributed by atoms with Crippen LogP contribution in [0.2, 0.25) is 0 Å². The number of Topliss-reactive ketones (excluding diaryl/α,β-unsaturated/α-hetero) is 1. The topological polar surface area (TPSA) is 114 Å². The molecule has 2 aromatic rings. The van der Waals surface area contributed by atoms with Crippen LogP contribution < -0.4 is 15.8 Å². The first-order valence-corrected chi connectivity index (χ1v) is 11.1. The van der Waals surface area contributed by atoms with Gasteiger partial charge in [-0.3, -0.25) is 9.59 Å². The van der Waals surface area contributed by atoms with Crippen molar-refractivity contribution in [2.24, 2.45) is 11.1 Å². The van der Waals surface area contributed by atoms with Gasteiger partial charge in [0.25, 0.3) is 5.91 Å². The van der Waals surface area contributed by atoms with Crippen molar-refractivity contribution in [3.05, 3.63) is 82.4 Å². The number of nitrogens with one attached hydrogen (secondary N) is 1. The van der Waals surface area contributed by atoms with Crippen molar-refractivity contribution in [3.8, 4) is 11.8 Å². The van der Waals surface area contributed by atoms with Crippen molar-refractivity contribution in [1.82, 2.24) is 0 Å². The molecule has 174 valence electrons. The lowest BCUT2D eigenvalue weighted by atomic mass is 9.70. The quantitative estimate of drug-likeness (QED) is 0.685. The average Bonchev–Trinajstić information content (AvgIpc) is 2.77. The molecule has 0 saturated heterocycles. The summed E-state index contributed by atoms with van der Waals surface area (Å²) in [5, 5.41) is 12.6. The van der Waals surface area contributed by atoms with Crippen LogP contribution in [0.1, 0.15) is 43.7 Å². The Bertz CT molecular complexity index is 1270. The van der Waals surface area contributed by atoms with Gasteiger partial charge in [0.2, 0.25) is 5.88 Å². The minimum atomic E-state index is -0.637. The minimum Gasteiger partial charge on any atom is -0.484 e. The van der Waals surface area contributed by atoms with Crippen LogP contribution in [-0.2, 0) is 14.3 Å². The van der Waals surface area contributed by atoms with Gasteiger partial charge >= 0.3 is 0 Å². The summed E-state index contributed by atoms with van der Waals surface area (Å²) in [7, 11) is 0. The zero-order valence-corrected chi connectivity index (χ0v) is 19.5. The molecule has 1 heterocycles. The van der Waals surface area contributed by atoms with E-state index in [9.17, 15) is 14.9 Å². The summed E-state index contributed by atoms with van der Waals surface area (Å²) in [5.41, 5.74) is 8.86. The SMILES string of the molecule is Cc1ccccc1NC(=O)COc1cccc(C2C(C#N)=C(N)OC3=C2C(=O)CC(C)(C)C3)c1. The molecule has 7 nitrogen and oxygen atoms in total. The lowest BCUT2D eigenvalue weighted by molar-refractivity contribution is -0.119. The number of ether oxygens (including phenoxy) is 2. The van der Waals surface area contributed by atoms with E-state index in [1.165, 1.54) is 0 Å². The molecule has 0 fully saturated rings. The molecule has 0 aromatic heterocycles. The molecule has 3 N–H and O–H groups in total. The van der Waals surface area contributed by atoms with E-state index < -0.39 is 5.92 Å². The molecular weight excluding hydrogens is 430 g/mol. The Morgan fingerprint density at radius 2 is 2.00 bits per heavy atom. The maximum Gasteiger partial charge on any atom is 0.262 e. The van der Waals surface area contributed by atoms with Crippen molar-refractivity contribution >= 4 is 17.4 Å². The maximum atomic E-state index is 13.1. The Morgan fingerprint density at radius 3 is 2.74 bits per heavy atom. The molecule has 1 atom stereocenters. The summed E-state index contributed by atoms with van der Waals surface area (Å²) in [6, 6.07) is 16.7. The number of carbonyl (C=O) groups excluding carboxylic acids is 2. The molecule has 1 aliphatic carbocycles. The summed E-state index contributed by atoms with van der Waals surface area (Å²) in [4.78, 5) is 25.5. The lowest BCUT2D eigenvalue weighted by Crippen LogP contribution is -2.33. The van der Waals surface area contributed by atoms with Crippen molar-refractivity contribution in [2.75, 3.05) is 11.9 Å². The molecule has 1 amide bonds. The predicted octanol–water partition coefficient (Wildman–Crippen LogP) is 4.46. The zero-order valence-electron chi connectivity index (χ0n) is 19.5. The standard InChI is InChI=1S/C27H27N3O4/c1-16-7-4-5-10-20(16)30-23(32)15-33-18-9-6-8-17(11-18)24-19(14-28)26(29)34-22-13-27(2,3)12-21(31)25(22)24/h4-11,24H,12-13,15,29H2,1-3H3,(H,30,32). The Kier molecular flexibility index (Phi) is 6.16. The van der Waals surface area contributed by atoms with E-state index in [1.807, 2.05) is 51.1 Å². The largest absolute Gasteiger partial charge is 0.484 e. The van der Waals surface area contributed by atoms with E-state index in [2.05, 4.69) is 11.4 Å². The van der Waals surface area contributed by atoms with Crippen LogP contribution in [0.3, 0.4) is 0 Å². The van der Waals surface area contributed by atoms with Gasteiger partial charge in [0.15, 0.2) is 12.4 Å². The number of hydrogen-bond donors (Lipinski definition) is 2. The molecule has 7 heteroatoms. The number of rotatable bonds is 5. The number of nitriles is 1. The highest BCUT2D eigenvalue weighted by Gasteiger charge is 2.43. The number of hydrogen-bond acceptors (Lipinski definition) is 6. The second kappa shape index (κ2) is 9.06. The lowest BCUT2D eigenvalue weighted by Gasteiger charge is -2.37. The van der Waals surface area contributed by atoms with Crippen LogP contribution >= 0.6 is 0 Å². The smallest absolute Gasteiger partial charge is 0.262 e. The monoisotopic (exact) mass is 457 g/mol. The number of ketones is 1. The van der Waals surface area contributed by atoms with Crippen LogP contribution in [0.15, 0.2) is 71.3 Å². The first kappa shape index (κ1) is 23.1. The van der Waals surface area contributed by atoms with E-state index in [4.69, 9.17) is 15.2 Å². The molecule has 4 rings (SSSR count). The average molecular weight is 458 g/mol. The van der Waals surface area contributed by atoms with Gasteiger partial charge in [-0.25, -0.2) is 0 Å². The van der Waals surface area contributed by atoms with Crippen LogP contribution in [0, 0.1) is 23.7 Å². The molecule has 0 radical (unpaired) electrons. The zero-order chi connectivity index (χ0) is 24.5. The second-order valence-electron chi connectivity index (χ2n) is 9.43. The highest BCUT2D eigenvalue weighted by molar-refractivity contribution is 6.00. The number of benzene rings is 2. The Balaban J connectivity index is 1.58. The van der Waals surface area contributed by atoms with Crippen LogP contribution in [-0.4, -0.2) is 18.3 Å². The fourth-order valence-electron chi connectivity index (χ4n) is 4.45. The number of carbonyl (C=O) groups is 2. The molecule has 0 saturated carbocycles.